The molecule has 0 bridgehead atoms. The first-order valence-corrected chi connectivity index (χ1v) is 5.22. The van der Waals surface area contributed by atoms with Gasteiger partial charge in [-0.25, -0.2) is 0 Å². The smallest absolute Gasteiger partial charge is 0.142 e. The Morgan fingerprint density at radius 1 is 0.917 bits per heavy atom. The zero-order chi connectivity index (χ0) is 9.40. The van der Waals surface area contributed by atoms with E-state index in [4.69, 9.17) is 0 Å². The van der Waals surface area contributed by atoms with Crippen LogP contribution in [0.5, 0.6) is 0 Å². The number of ketones is 2. The Morgan fingerprint density at radius 3 is 2.00 bits per heavy atom. The zero-order valence-electron chi connectivity index (χ0n) is 6.95. The number of thiol groups is 2. The molecule has 70 valence electrons. The van der Waals surface area contributed by atoms with Gasteiger partial charge in [0.1, 0.15) is 11.6 Å². The lowest BCUT2D eigenvalue weighted by atomic mass is 10.1. The van der Waals surface area contributed by atoms with Gasteiger partial charge in [0.2, 0.25) is 0 Å². The van der Waals surface area contributed by atoms with Gasteiger partial charge in [-0.1, -0.05) is 0 Å². The molecule has 0 rings (SSSR count). The van der Waals surface area contributed by atoms with E-state index in [0.29, 0.717) is 19.3 Å². The first-order valence-electron chi connectivity index (χ1n) is 3.95. The highest BCUT2D eigenvalue weighted by Crippen LogP contribution is 2.01. The topological polar surface area (TPSA) is 34.1 Å². The summed E-state index contributed by atoms with van der Waals surface area (Å²) in [5.74, 6) is 1.16. The molecule has 0 saturated carbocycles. The number of rotatable bonds is 7. The van der Waals surface area contributed by atoms with E-state index >= 15 is 0 Å². The summed E-state index contributed by atoms with van der Waals surface area (Å²) in [4.78, 5) is 21.8. The second-order valence-electron chi connectivity index (χ2n) is 2.56. The van der Waals surface area contributed by atoms with Crippen LogP contribution in [0.3, 0.4) is 0 Å². The van der Waals surface area contributed by atoms with Gasteiger partial charge in [-0.2, -0.15) is 25.3 Å². The van der Waals surface area contributed by atoms with E-state index in [2.05, 4.69) is 25.3 Å². The number of hydrogen-bond donors (Lipinski definition) is 2. The lowest BCUT2D eigenvalue weighted by molar-refractivity contribution is -0.123. The summed E-state index contributed by atoms with van der Waals surface area (Å²) >= 11 is 7.81. The first-order chi connectivity index (χ1) is 5.70. The van der Waals surface area contributed by atoms with Crippen LogP contribution < -0.4 is 0 Å². The summed E-state index contributed by atoms with van der Waals surface area (Å²) < 4.78 is 0. The fourth-order valence-electron chi connectivity index (χ4n) is 0.759. The Kier molecular flexibility index (Phi) is 7.70. The van der Waals surface area contributed by atoms with Gasteiger partial charge in [0.25, 0.3) is 0 Å². The van der Waals surface area contributed by atoms with Crippen LogP contribution in [0.4, 0.5) is 0 Å². The van der Waals surface area contributed by atoms with Crippen molar-refractivity contribution in [1.82, 2.24) is 0 Å². The molecule has 0 heterocycles. The SMILES string of the molecule is O=C(CS)CCC(=O)CCCS. The maximum Gasteiger partial charge on any atom is 0.142 e. The molecule has 0 atom stereocenters. The molecule has 4 heteroatoms. The Balaban J connectivity index is 3.37. The van der Waals surface area contributed by atoms with Gasteiger partial charge in [-0.15, -0.1) is 0 Å². The summed E-state index contributed by atoms with van der Waals surface area (Å²) in [6, 6.07) is 0. The monoisotopic (exact) mass is 206 g/mol. The second-order valence-corrected chi connectivity index (χ2v) is 3.33. The first kappa shape index (κ1) is 12.0. The van der Waals surface area contributed by atoms with Crippen molar-refractivity contribution < 1.29 is 9.59 Å². The molecule has 0 N–H and O–H groups in total. The molecular formula is C8H14O2S2. The molecule has 0 aromatic heterocycles. The molecule has 0 aromatic rings. The Labute approximate surface area is 83.9 Å². The maximum absolute atomic E-state index is 11.0. The largest absolute Gasteiger partial charge is 0.300 e. The van der Waals surface area contributed by atoms with Crippen LogP contribution in [0.25, 0.3) is 0 Å². The second kappa shape index (κ2) is 7.68. The van der Waals surface area contributed by atoms with Crippen LogP contribution in [-0.2, 0) is 9.59 Å². The van der Waals surface area contributed by atoms with Gasteiger partial charge in [-0.3, -0.25) is 9.59 Å². The summed E-state index contributed by atoms with van der Waals surface area (Å²) in [6.07, 6.45) is 2.06. The molecule has 0 amide bonds. The molecule has 0 aromatic carbocycles. The number of hydrogen-bond acceptors (Lipinski definition) is 4. The van der Waals surface area contributed by atoms with Gasteiger partial charge >= 0.3 is 0 Å². The number of carbonyl (C=O) groups excluding carboxylic acids is 2. The van der Waals surface area contributed by atoms with E-state index in [-0.39, 0.29) is 17.3 Å². The lowest BCUT2D eigenvalue weighted by Crippen LogP contribution is -2.05. The van der Waals surface area contributed by atoms with Crippen LogP contribution in [0.1, 0.15) is 25.7 Å². The molecular weight excluding hydrogens is 192 g/mol. The molecule has 0 radical (unpaired) electrons. The molecule has 12 heavy (non-hydrogen) atoms. The Morgan fingerprint density at radius 2 is 1.50 bits per heavy atom. The quantitative estimate of drug-likeness (QED) is 0.620. The average Bonchev–Trinajstić information content (AvgIpc) is 2.10. The molecule has 0 spiro atoms. The van der Waals surface area contributed by atoms with Crippen molar-refractivity contribution in [2.75, 3.05) is 11.5 Å². The minimum atomic E-state index is 0.0394. The minimum absolute atomic E-state index is 0.0394. The maximum atomic E-state index is 11.0. The van der Waals surface area contributed by atoms with E-state index < -0.39 is 0 Å². The average molecular weight is 206 g/mol. The predicted molar refractivity (Wildman–Crippen MR) is 56.2 cm³/mol. The molecule has 0 aliphatic carbocycles. The van der Waals surface area contributed by atoms with Gasteiger partial charge in [-0.05, 0) is 12.2 Å². The van der Waals surface area contributed by atoms with Crippen LogP contribution in [-0.4, -0.2) is 23.1 Å². The number of carbonyl (C=O) groups is 2. The van der Waals surface area contributed by atoms with Gasteiger partial charge < -0.3 is 0 Å². The third-order valence-electron chi connectivity index (χ3n) is 1.47. The van der Waals surface area contributed by atoms with E-state index in [1.165, 1.54) is 0 Å². The standard InChI is InChI=1S/C8H14O2S2/c9-7(2-1-5-11)3-4-8(10)6-12/h11-12H,1-6H2. The molecule has 0 aliphatic heterocycles. The summed E-state index contributed by atoms with van der Waals surface area (Å²) in [5, 5.41) is 0. The zero-order valence-corrected chi connectivity index (χ0v) is 8.74. The molecule has 2 nitrogen and oxygen atoms in total. The molecule has 0 unspecified atom stereocenters. The summed E-state index contributed by atoms with van der Waals surface area (Å²) in [6.45, 7) is 0. The minimum Gasteiger partial charge on any atom is -0.300 e. The van der Waals surface area contributed by atoms with E-state index in [0.717, 1.165) is 12.2 Å². The van der Waals surface area contributed by atoms with Gasteiger partial charge in [0, 0.05) is 25.0 Å². The Hall–Kier alpha value is 0.0400. The van der Waals surface area contributed by atoms with Crippen molar-refractivity contribution in [3.05, 3.63) is 0 Å². The van der Waals surface area contributed by atoms with Crippen molar-refractivity contribution in [1.29, 1.82) is 0 Å². The normalized spacial score (nSPS) is 9.83. The molecule has 0 fully saturated rings. The third-order valence-corrected chi connectivity index (χ3v) is 2.14. The van der Waals surface area contributed by atoms with Crippen LogP contribution in [0.15, 0.2) is 0 Å². The molecule has 0 saturated heterocycles. The van der Waals surface area contributed by atoms with Crippen molar-refractivity contribution in [3.63, 3.8) is 0 Å². The fourth-order valence-corrected chi connectivity index (χ4v) is 1.08. The van der Waals surface area contributed by atoms with Crippen molar-refractivity contribution in [3.8, 4) is 0 Å². The number of Topliss-reactive ketones (excluding diaryl/α,β-unsaturated/α-hetero) is 2. The Bertz CT molecular complexity index is 157. The predicted octanol–water partition coefficient (Wildman–Crippen LogP) is 1.54. The molecule has 0 aliphatic rings. The van der Waals surface area contributed by atoms with Crippen molar-refractivity contribution >= 4 is 36.8 Å². The van der Waals surface area contributed by atoms with Gasteiger partial charge in [0.05, 0.1) is 0 Å². The highest BCUT2D eigenvalue weighted by molar-refractivity contribution is 7.81. The van der Waals surface area contributed by atoms with E-state index in [1.807, 2.05) is 0 Å². The van der Waals surface area contributed by atoms with Crippen LogP contribution >= 0.6 is 25.3 Å². The van der Waals surface area contributed by atoms with Crippen molar-refractivity contribution in [2.24, 2.45) is 0 Å². The van der Waals surface area contributed by atoms with E-state index in [1.54, 1.807) is 0 Å². The fraction of sp³-hybridized carbons (Fsp3) is 0.750. The van der Waals surface area contributed by atoms with Crippen LogP contribution in [0, 0.1) is 0 Å². The van der Waals surface area contributed by atoms with Gasteiger partial charge in [0.15, 0.2) is 0 Å². The highest BCUT2D eigenvalue weighted by atomic mass is 32.1. The lowest BCUT2D eigenvalue weighted by Gasteiger charge is -1.97. The highest BCUT2D eigenvalue weighted by Gasteiger charge is 2.04. The van der Waals surface area contributed by atoms with Crippen molar-refractivity contribution in [2.45, 2.75) is 25.7 Å². The van der Waals surface area contributed by atoms with E-state index in [9.17, 15) is 9.59 Å². The van der Waals surface area contributed by atoms with Crippen LogP contribution in [0.2, 0.25) is 0 Å². The summed E-state index contributed by atoms with van der Waals surface area (Å²) in [7, 11) is 0. The third kappa shape index (κ3) is 6.73. The summed E-state index contributed by atoms with van der Waals surface area (Å²) in [5.41, 5.74) is 0.